The number of halogens is 1. The van der Waals surface area contributed by atoms with E-state index in [-0.39, 0.29) is 17.3 Å². The van der Waals surface area contributed by atoms with Crippen LogP contribution >= 0.6 is 12.4 Å². The van der Waals surface area contributed by atoms with Crippen LogP contribution in [-0.4, -0.2) is 28.6 Å². The van der Waals surface area contributed by atoms with Gasteiger partial charge in [0.25, 0.3) is 10.0 Å². The highest BCUT2D eigenvalue weighted by atomic mass is 35.5. The van der Waals surface area contributed by atoms with E-state index in [9.17, 15) is 8.42 Å². The highest BCUT2D eigenvalue weighted by Crippen LogP contribution is 2.35. The molecule has 2 aromatic rings. The Hall–Kier alpha value is -1.92. The normalized spacial score (nSPS) is 13.6. The molecular formula is C16H19ClN2O3S. The number of hydrogen-bond donors (Lipinski definition) is 1. The summed E-state index contributed by atoms with van der Waals surface area (Å²) in [5.41, 5.74) is 2.36. The van der Waals surface area contributed by atoms with Crippen molar-refractivity contribution in [1.29, 1.82) is 0 Å². The Kier molecular flexibility index (Phi) is 5.06. The second-order valence-electron chi connectivity index (χ2n) is 5.18. The van der Waals surface area contributed by atoms with Gasteiger partial charge in [0.2, 0.25) is 0 Å². The van der Waals surface area contributed by atoms with Gasteiger partial charge in [-0.1, -0.05) is 18.2 Å². The lowest BCUT2D eigenvalue weighted by atomic mass is 10.2. The van der Waals surface area contributed by atoms with Crippen molar-refractivity contribution in [3.63, 3.8) is 0 Å². The lowest BCUT2D eigenvalue weighted by molar-refractivity contribution is 0.402. The fraction of sp³-hybridized carbons (Fsp3) is 0.250. The van der Waals surface area contributed by atoms with E-state index in [1.54, 1.807) is 18.2 Å². The number of hydrogen-bond acceptors (Lipinski definition) is 4. The van der Waals surface area contributed by atoms with Crippen molar-refractivity contribution in [2.45, 2.75) is 11.8 Å². The minimum atomic E-state index is -3.67. The van der Waals surface area contributed by atoms with Gasteiger partial charge in [-0.05, 0) is 36.8 Å². The minimum Gasteiger partial charge on any atom is -0.495 e. The Morgan fingerprint density at radius 3 is 2.65 bits per heavy atom. The summed E-state index contributed by atoms with van der Waals surface area (Å²) in [5, 5.41) is 3.22. The Labute approximate surface area is 142 Å². The lowest BCUT2D eigenvalue weighted by Gasteiger charge is -2.31. The number of benzene rings is 2. The van der Waals surface area contributed by atoms with Crippen molar-refractivity contribution in [3.8, 4) is 5.75 Å². The largest absolute Gasteiger partial charge is 0.495 e. The first-order valence-electron chi connectivity index (χ1n) is 7.04. The van der Waals surface area contributed by atoms with Crippen LogP contribution in [0.4, 0.5) is 11.4 Å². The summed E-state index contributed by atoms with van der Waals surface area (Å²) in [6.45, 7) is 2.82. The predicted octanol–water partition coefficient (Wildman–Crippen LogP) is 3.05. The van der Waals surface area contributed by atoms with E-state index in [1.807, 2.05) is 31.2 Å². The zero-order chi connectivity index (χ0) is 15.7. The summed E-state index contributed by atoms with van der Waals surface area (Å²) in [4.78, 5) is 0.201. The van der Waals surface area contributed by atoms with Crippen molar-refractivity contribution in [2.24, 2.45) is 0 Å². The summed E-state index contributed by atoms with van der Waals surface area (Å²) in [7, 11) is -2.19. The number of sulfonamides is 1. The van der Waals surface area contributed by atoms with Crippen molar-refractivity contribution >= 4 is 33.8 Å². The van der Waals surface area contributed by atoms with Crippen molar-refractivity contribution in [1.82, 2.24) is 0 Å². The van der Waals surface area contributed by atoms with Gasteiger partial charge in [0.05, 0.1) is 25.0 Å². The van der Waals surface area contributed by atoms with E-state index in [2.05, 4.69) is 5.32 Å². The Morgan fingerprint density at radius 1 is 1.17 bits per heavy atom. The van der Waals surface area contributed by atoms with Crippen LogP contribution in [0.15, 0.2) is 47.4 Å². The van der Waals surface area contributed by atoms with Gasteiger partial charge in [0.15, 0.2) is 0 Å². The molecule has 124 valence electrons. The Balaban J connectivity index is 0.00000192. The molecule has 0 aromatic heterocycles. The molecule has 7 heteroatoms. The van der Waals surface area contributed by atoms with Gasteiger partial charge in [-0.25, -0.2) is 8.42 Å². The van der Waals surface area contributed by atoms with E-state index in [0.29, 0.717) is 24.5 Å². The van der Waals surface area contributed by atoms with Crippen molar-refractivity contribution < 1.29 is 13.2 Å². The number of nitrogens with zero attached hydrogens (tertiary/aromatic N) is 1. The van der Waals surface area contributed by atoms with Crippen LogP contribution in [0, 0.1) is 6.92 Å². The average Bonchev–Trinajstić information content (AvgIpc) is 2.54. The molecule has 1 heterocycles. The fourth-order valence-electron chi connectivity index (χ4n) is 2.61. The number of ether oxygens (including phenoxy) is 1. The maximum absolute atomic E-state index is 13.1. The predicted molar refractivity (Wildman–Crippen MR) is 94.4 cm³/mol. The average molecular weight is 355 g/mol. The molecular weight excluding hydrogens is 336 g/mol. The molecule has 23 heavy (non-hydrogen) atoms. The van der Waals surface area contributed by atoms with Gasteiger partial charge in [-0.3, -0.25) is 4.31 Å². The summed E-state index contributed by atoms with van der Waals surface area (Å²) >= 11 is 0. The molecule has 0 atom stereocenters. The Morgan fingerprint density at radius 2 is 1.91 bits per heavy atom. The number of para-hydroxylation sites is 2. The van der Waals surface area contributed by atoms with Crippen LogP contribution in [0.1, 0.15) is 5.56 Å². The van der Waals surface area contributed by atoms with Crippen LogP contribution in [0.25, 0.3) is 0 Å². The number of methoxy groups -OCH3 is 1. The molecule has 0 saturated heterocycles. The zero-order valence-corrected chi connectivity index (χ0v) is 14.6. The van der Waals surface area contributed by atoms with E-state index in [1.165, 1.54) is 11.4 Å². The van der Waals surface area contributed by atoms with Crippen LogP contribution in [-0.2, 0) is 10.0 Å². The van der Waals surface area contributed by atoms with E-state index < -0.39 is 10.0 Å². The van der Waals surface area contributed by atoms with Gasteiger partial charge in [-0.2, -0.15) is 0 Å². The van der Waals surface area contributed by atoms with Crippen LogP contribution in [0.2, 0.25) is 0 Å². The molecule has 1 N–H and O–H groups in total. The fourth-order valence-corrected chi connectivity index (χ4v) is 4.33. The van der Waals surface area contributed by atoms with E-state index in [0.717, 1.165) is 11.3 Å². The molecule has 0 bridgehead atoms. The van der Waals surface area contributed by atoms with Crippen molar-refractivity contribution in [2.75, 3.05) is 29.8 Å². The summed E-state index contributed by atoms with van der Waals surface area (Å²) < 4.78 is 32.9. The first-order chi connectivity index (χ1) is 10.5. The third-order valence-corrected chi connectivity index (χ3v) is 5.52. The van der Waals surface area contributed by atoms with Crippen molar-refractivity contribution in [3.05, 3.63) is 48.0 Å². The van der Waals surface area contributed by atoms with E-state index in [4.69, 9.17) is 4.74 Å². The molecule has 3 rings (SSSR count). The smallest absolute Gasteiger partial charge is 0.268 e. The Bertz CT molecular complexity index is 809. The molecule has 0 amide bonds. The second-order valence-corrected chi connectivity index (χ2v) is 7.01. The molecule has 1 aliphatic heterocycles. The SMILES string of the molecule is COc1ccc(C)cc1S(=O)(=O)N1CCNc2ccccc21.Cl. The lowest BCUT2D eigenvalue weighted by Crippen LogP contribution is -2.39. The highest BCUT2D eigenvalue weighted by Gasteiger charge is 2.31. The molecule has 0 fully saturated rings. The van der Waals surface area contributed by atoms with Crippen LogP contribution in [0.5, 0.6) is 5.75 Å². The monoisotopic (exact) mass is 354 g/mol. The number of fused-ring (bicyclic) bond motifs is 1. The highest BCUT2D eigenvalue weighted by molar-refractivity contribution is 7.93. The van der Waals surface area contributed by atoms with Gasteiger partial charge in [-0.15, -0.1) is 12.4 Å². The number of nitrogens with one attached hydrogen (secondary N) is 1. The third-order valence-electron chi connectivity index (χ3n) is 3.69. The first kappa shape index (κ1) is 17.4. The summed E-state index contributed by atoms with van der Waals surface area (Å²) in [6, 6.07) is 12.6. The number of anilines is 2. The molecule has 0 radical (unpaired) electrons. The molecule has 2 aromatic carbocycles. The molecule has 5 nitrogen and oxygen atoms in total. The minimum absolute atomic E-state index is 0. The zero-order valence-electron chi connectivity index (χ0n) is 12.9. The molecule has 0 saturated carbocycles. The maximum Gasteiger partial charge on any atom is 0.268 e. The first-order valence-corrected chi connectivity index (χ1v) is 8.48. The maximum atomic E-state index is 13.1. The third kappa shape index (κ3) is 3.09. The van der Waals surface area contributed by atoms with Crippen LogP contribution < -0.4 is 14.4 Å². The molecule has 1 aliphatic rings. The van der Waals surface area contributed by atoms with E-state index >= 15 is 0 Å². The molecule has 0 unspecified atom stereocenters. The standard InChI is InChI=1S/C16H18N2O3S.ClH/c1-12-7-8-15(21-2)16(11-12)22(19,20)18-10-9-17-13-5-3-4-6-14(13)18;/h3-8,11,17H,9-10H2,1-2H3;1H. The van der Waals surface area contributed by atoms with Gasteiger partial charge in [0.1, 0.15) is 10.6 Å². The molecule has 0 aliphatic carbocycles. The second kappa shape index (κ2) is 6.68. The molecule has 0 spiro atoms. The summed E-state index contributed by atoms with van der Waals surface area (Å²) in [6.07, 6.45) is 0. The van der Waals surface area contributed by atoms with Crippen LogP contribution in [0.3, 0.4) is 0 Å². The quantitative estimate of drug-likeness (QED) is 0.920. The van der Waals surface area contributed by atoms with Gasteiger partial charge < -0.3 is 10.1 Å². The number of rotatable bonds is 3. The summed E-state index contributed by atoms with van der Waals surface area (Å²) in [5.74, 6) is 0.363. The van der Waals surface area contributed by atoms with Gasteiger partial charge >= 0.3 is 0 Å². The van der Waals surface area contributed by atoms with Gasteiger partial charge in [0, 0.05) is 6.54 Å². The topological polar surface area (TPSA) is 58.6 Å². The number of aryl methyl sites for hydroxylation is 1.